The van der Waals surface area contributed by atoms with Crippen molar-refractivity contribution in [1.82, 2.24) is 0 Å². The Bertz CT molecular complexity index is 1170. The van der Waals surface area contributed by atoms with E-state index in [-0.39, 0.29) is 6.04 Å². The molecule has 0 heterocycles. The van der Waals surface area contributed by atoms with Crippen molar-refractivity contribution in [1.29, 1.82) is 5.26 Å². The molecule has 2 nitrogen and oxygen atoms in total. The molecule has 1 unspecified atom stereocenters. The van der Waals surface area contributed by atoms with E-state index in [4.69, 9.17) is 4.99 Å². The highest BCUT2D eigenvalue weighted by Crippen LogP contribution is 2.28. The molecule has 0 aliphatic rings. The monoisotopic (exact) mass is 464 g/mol. The average Bonchev–Trinajstić information content (AvgIpc) is 2.84. The zero-order valence-corrected chi connectivity index (χ0v) is 18.5. The standard InChI is InChI=1S/C28H21BrN2/c29-26-14-8-7-13-25(26)19-27(22-17-15-21(20-30)16-18-22)31-28(23-9-3-1-4-10-23)24-11-5-2-6-12-24/h1-18,27H,19H2. The Labute approximate surface area is 191 Å². The maximum absolute atomic E-state index is 9.20. The lowest BCUT2D eigenvalue weighted by molar-refractivity contribution is 0.723. The van der Waals surface area contributed by atoms with Gasteiger partial charge in [-0.1, -0.05) is 107 Å². The van der Waals surface area contributed by atoms with Gasteiger partial charge in [-0.25, -0.2) is 0 Å². The SMILES string of the molecule is N#Cc1ccc(C(Cc2ccccc2Br)N=C(c2ccccc2)c2ccccc2)cc1. The minimum Gasteiger partial charge on any atom is -0.276 e. The van der Waals surface area contributed by atoms with Crippen LogP contribution in [0.15, 0.2) is 119 Å². The smallest absolute Gasteiger partial charge is 0.0991 e. The van der Waals surface area contributed by atoms with Gasteiger partial charge in [-0.3, -0.25) is 4.99 Å². The van der Waals surface area contributed by atoms with Crippen LogP contribution < -0.4 is 0 Å². The van der Waals surface area contributed by atoms with Gasteiger partial charge in [0, 0.05) is 22.0 Å². The van der Waals surface area contributed by atoms with Crippen molar-refractivity contribution in [2.45, 2.75) is 12.5 Å². The number of nitriles is 1. The second-order valence-electron chi connectivity index (χ2n) is 7.25. The molecule has 0 aliphatic carbocycles. The second-order valence-corrected chi connectivity index (χ2v) is 8.11. The van der Waals surface area contributed by atoms with Gasteiger partial charge in [0.05, 0.1) is 23.4 Å². The molecule has 4 aromatic carbocycles. The van der Waals surface area contributed by atoms with E-state index in [9.17, 15) is 5.26 Å². The zero-order valence-electron chi connectivity index (χ0n) is 16.9. The normalized spacial score (nSPS) is 11.4. The molecule has 0 amide bonds. The maximum Gasteiger partial charge on any atom is 0.0991 e. The summed E-state index contributed by atoms with van der Waals surface area (Å²) in [6.45, 7) is 0. The quantitative estimate of drug-likeness (QED) is 0.279. The van der Waals surface area contributed by atoms with Crippen LogP contribution in [0.2, 0.25) is 0 Å². The molecule has 0 N–H and O–H groups in total. The van der Waals surface area contributed by atoms with Gasteiger partial charge >= 0.3 is 0 Å². The molecule has 1 atom stereocenters. The van der Waals surface area contributed by atoms with Crippen LogP contribution in [0.4, 0.5) is 0 Å². The van der Waals surface area contributed by atoms with Gasteiger partial charge in [0.1, 0.15) is 0 Å². The minimum absolute atomic E-state index is 0.0955. The Kier molecular flexibility index (Phi) is 6.72. The van der Waals surface area contributed by atoms with Gasteiger partial charge < -0.3 is 0 Å². The van der Waals surface area contributed by atoms with Gasteiger partial charge in [-0.05, 0) is 29.3 Å². The van der Waals surface area contributed by atoms with E-state index >= 15 is 0 Å². The van der Waals surface area contributed by atoms with Crippen molar-refractivity contribution in [2.75, 3.05) is 0 Å². The summed E-state index contributed by atoms with van der Waals surface area (Å²) in [7, 11) is 0. The van der Waals surface area contributed by atoms with Crippen LogP contribution in [0, 0.1) is 11.3 Å². The van der Waals surface area contributed by atoms with E-state index in [1.165, 1.54) is 5.56 Å². The molecule has 4 rings (SSSR count). The number of nitrogens with zero attached hydrogens (tertiary/aromatic N) is 2. The summed E-state index contributed by atoms with van der Waals surface area (Å²) in [6, 6.07) is 38.7. The van der Waals surface area contributed by atoms with Crippen molar-refractivity contribution in [3.8, 4) is 6.07 Å². The van der Waals surface area contributed by atoms with Gasteiger partial charge in [0.2, 0.25) is 0 Å². The lowest BCUT2D eigenvalue weighted by Gasteiger charge is -2.18. The Morgan fingerprint density at radius 2 is 1.29 bits per heavy atom. The van der Waals surface area contributed by atoms with Crippen molar-refractivity contribution < 1.29 is 0 Å². The molecule has 0 radical (unpaired) electrons. The summed E-state index contributed by atoms with van der Waals surface area (Å²) in [6.07, 6.45) is 0.747. The number of aliphatic imine (C=N–C) groups is 1. The summed E-state index contributed by atoms with van der Waals surface area (Å²) in [4.78, 5) is 5.29. The van der Waals surface area contributed by atoms with Gasteiger partial charge in [0.15, 0.2) is 0 Å². The molecule has 0 bridgehead atoms. The fourth-order valence-corrected chi connectivity index (χ4v) is 4.00. The average molecular weight is 465 g/mol. The lowest BCUT2D eigenvalue weighted by Crippen LogP contribution is -2.09. The molecule has 0 saturated carbocycles. The Morgan fingerprint density at radius 3 is 1.84 bits per heavy atom. The van der Waals surface area contributed by atoms with E-state index in [1.807, 2.05) is 66.7 Å². The molecule has 0 saturated heterocycles. The number of hydrogen-bond donors (Lipinski definition) is 0. The van der Waals surface area contributed by atoms with Crippen molar-refractivity contribution in [2.24, 2.45) is 4.99 Å². The topological polar surface area (TPSA) is 36.1 Å². The first-order chi connectivity index (χ1) is 15.2. The van der Waals surface area contributed by atoms with Crippen LogP contribution in [-0.4, -0.2) is 5.71 Å². The Morgan fingerprint density at radius 1 is 0.742 bits per heavy atom. The van der Waals surface area contributed by atoms with E-state index < -0.39 is 0 Å². The summed E-state index contributed by atoms with van der Waals surface area (Å²) >= 11 is 3.68. The summed E-state index contributed by atoms with van der Waals surface area (Å²) in [5.41, 5.74) is 6.06. The van der Waals surface area contributed by atoms with E-state index in [1.54, 1.807) is 0 Å². The molecule has 0 spiro atoms. The lowest BCUT2D eigenvalue weighted by atomic mass is 9.96. The number of rotatable bonds is 6. The number of halogens is 1. The largest absolute Gasteiger partial charge is 0.276 e. The van der Waals surface area contributed by atoms with Crippen LogP contribution >= 0.6 is 15.9 Å². The first-order valence-electron chi connectivity index (χ1n) is 10.2. The Hall–Kier alpha value is -3.48. The first kappa shape index (κ1) is 20.8. The third kappa shape index (κ3) is 5.17. The van der Waals surface area contributed by atoms with Crippen LogP contribution in [0.3, 0.4) is 0 Å². The highest BCUT2D eigenvalue weighted by atomic mass is 79.9. The molecule has 3 heteroatoms. The second kappa shape index (κ2) is 10.0. The van der Waals surface area contributed by atoms with Crippen LogP contribution in [0.1, 0.15) is 33.9 Å². The van der Waals surface area contributed by atoms with Crippen LogP contribution in [-0.2, 0) is 6.42 Å². The summed E-state index contributed by atoms with van der Waals surface area (Å²) in [5, 5.41) is 9.20. The van der Waals surface area contributed by atoms with Gasteiger partial charge in [0.25, 0.3) is 0 Å². The third-order valence-corrected chi connectivity index (χ3v) is 5.95. The highest BCUT2D eigenvalue weighted by Gasteiger charge is 2.16. The van der Waals surface area contributed by atoms with Gasteiger partial charge in [-0.15, -0.1) is 0 Å². The molecule has 0 fully saturated rings. The molecule has 31 heavy (non-hydrogen) atoms. The minimum atomic E-state index is -0.0955. The van der Waals surface area contributed by atoms with Crippen LogP contribution in [0.25, 0.3) is 0 Å². The van der Waals surface area contributed by atoms with Crippen molar-refractivity contribution in [3.05, 3.63) is 141 Å². The predicted octanol–water partition coefficient (Wildman–Crippen LogP) is 7.14. The molecular weight excluding hydrogens is 444 g/mol. The molecule has 4 aromatic rings. The first-order valence-corrected chi connectivity index (χ1v) is 11.0. The third-order valence-electron chi connectivity index (χ3n) is 5.18. The fourth-order valence-electron chi connectivity index (χ4n) is 3.55. The summed E-state index contributed by atoms with van der Waals surface area (Å²) in [5.74, 6) is 0. The highest BCUT2D eigenvalue weighted by molar-refractivity contribution is 9.10. The summed E-state index contributed by atoms with van der Waals surface area (Å²) < 4.78 is 1.07. The maximum atomic E-state index is 9.20. The molecule has 150 valence electrons. The van der Waals surface area contributed by atoms with Crippen molar-refractivity contribution >= 4 is 21.6 Å². The fraction of sp³-hybridized carbons (Fsp3) is 0.0714. The van der Waals surface area contributed by atoms with E-state index in [2.05, 4.69) is 64.5 Å². The van der Waals surface area contributed by atoms with Crippen molar-refractivity contribution in [3.63, 3.8) is 0 Å². The molecule has 0 aromatic heterocycles. The number of hydrogen-bond acceptors (Lipinski definition) is 2. The van der Waals surface area contributed by atoms with Gasteiger partial charge in [-0.2, -0.15) is 5.26 Å². The number of benzene rings is 4. The van der Waals surface area contributed by atoms with Crippen LogP contribution in [0.5, 0.6) is 0 Å². The molecular formula is C28H21BrN2. The van der Waals surface area contributed by atoms with E-state index in [0.29, 0.717) is 5.56 Å². The van der Waals surface area contributed by atoms with E-state index in [0.717, 1.165) is 33.3 Å². The molecule has 0 aliphatic heterocycles. The Balaban J connectivity index is 1.84. The zero-order chi connectivity index (χ0) is 21.5. The predicted molar refractivity (Wildman–Crippen MR) is 130 cm³/mol.